The Bertz CT molecular complexity index is 730. The second-order valence-corrected chi connectivity index (χ2v) is 4.91. The fraction of sp³-hybridized carbons (Fsp3) is 0.111. The lowest BCUT2D eigenvalue weighted by Gasteiger charge is -2.06. The monoisotopic (exact) mass is 260 g/mol. The number of aromatic nitrogens is 2. The van der Waals surface area contributed by atoms with Gasteiger partial charge in [-0.25, -0.2) is 0 Å². The number of rotatable bonds is 2. The third kappa shape index (κ3) is 2.45. The van der Waals surface area contributed by atoms with E-state index >= 15 is 0 Å². The lowest BCUT2D eigenvalue weighted by atomic mass is 10.0. The molecule has 0 unspecified atom stereocenters. The Morgan fingerprint density at radius 3 is 2.30 bits per heavy atom. The summed E-state index contributed by atoms with van der Waals surface area (Å²) in [5.41, 5.74) is 6.45. The van der Waals surface area contributed by atoms with Gasteiger partial charge < -0.3 is 0 Å². The molecule has 0 aliphatic heterocycles. The molecular formula is C18H16N2. The van der Waals surface area contributed by atoms with Crippen LogP contribution < -0.4 is 0 Å². The molecule has 3 rings (SSSR count). The molecule has 3 aromatic rings. The standard InChI is InChI=1S/C18H16N2/c1-13-6-3-4-8-16(13)18-11-10-15(12-19-18)17-9-5-7-14(2)20-17/h3-12H,1-2H3. The first-order chi connectivity index (χ1) is 9.74. The predicted octanol–water partition coefficient (Wildman–Crippen LogP) is 4.43. The molecule has 2 heterocycles. The van der Waals surface area contributed by atoms with Gasteiger partial charge in [-0.2, -0.15) is 0 Å². The molecule has 0 atom stereocenters. The zero-order valence-electron chi connectivity index (χ0n) is 11.7. The number of hydrogen-bond acceptors (Lipinski definition) is 2. The highest BCUT2D eigenvalue weighted by molar-refractivity contribution is 5.66. The summed E-state index contributed by atoms with van der Waals surface area (Å²) in [6.07, 6.45) is 1.89. The summed E-state index contributed by atoms with van der Waals surface area (Å²) in [5, 5.41) is 0. The normalized spacial score (nSPS) is 10.5. The maximum atomic E-state index is 4.58. The van der Waals surface area contributed by atoms with E-state index in [4.69, 9.17) is 0 Å². The van der Waals surface area contributed by atoms with E-state index in [2.05, 4.69) is 41.2 Å². The molecule has 1 aromatic carbocycles. The molecular weight excluding hydrogens is 244 g/mol. The van der Waals surface area contributed by atoms with Crippen molar-refractivity contribution in [1.29, 1.82) is 0 Å². The molecule has 0 aliphatic rings. The lowest BCUT2D eigenvalue weighted by molar-refractivity contribution is 1.19. The van der Waals surface area contributed by atoms with Gasteiger partial charge in [-0.05, 0) is 43.7 Å². The van der Waals surface area contributed by atoms with Crippen molar-refractivity contribution in [1.82, 2.24) is 9.97 Å². The highest BCUT2D eigenvalue weighted by Crippen LogP contribution is 2.23. The summed E-state index contributed by atoms with van der Waals surface area (Å²) in [5.74, 6) is 0. The van der Waals surface area contributed by atoms with Crippen LogP contribution in [0.2, 0.25) is 0 Å². The average molecular weight is 260 g/mol. The number of pyridine rings is 2. The lowest BCUT2D eigenvalue weighted by Crippen LogP contribution is -1.90. The second kappa shape index (κ2) is 5.25. The van der Waals surface area contributed by atoms with Crippen molar-refractivity contribution in [3.63, 3.8) is 0 Å². The van der Waals surface area contributed by atoms with Gasteiger partial charge >= 0.3 is 0 Å². The Hall–Kier alpha value is -2.48. The highest BCUT2D eigenvalue weighted by atomic mass is 14.7. The van der Waals surface area contributed by atoms with E-state index in [0.29, 0.717) is 0 Å². The van der Waals surface area contributed by atoms with E-state index in [9.17, 15) is 0 Å². The predicted molar refractivity (Wildman–Crippen MR) is 82.4 cm³/mol. The number of nitrogens with zero attached hydrogens (tertiary/aromatic N) is 2. The minimum Gasteiger partial charge on any atom is -0.256 e. The van der Waals surface area contributed by atoms with Crippen LogP contribution in [0.5, 0.6) is 0 Å². The average Bonchev–Trinajstić information content (AvgIpc) is 2.48. The van der Waals surface area contributed by atoms with E-state index in [1.165, 1.54) is 11.1 Å². The van der Waals surface area contributed by atoms with Gasteiger partial charge in [0.2, 0.25) is 0 Å². The maximum absolute atomic E-state index is 4.58. The summed E-state index contributed by atoms with van der Waals surface area (Å²) < 4.78 is 0. The van der Waals surface area contributed by atoms with Gasteiger partial charge in [0.15, 0.2) is 0 Å². The van der Waals surface area contributed by atoms with Gasteiger partial charge in [-0.1, -0.05) is 30.3 Å². The van der Waals surface area contributed by atoms with Crippen LogP contribution in [0.1, 0.15) is 11.3 Å². The Kier molecular flexibility index (Phi) is 3.30. The van der Waals surface area contributed by atoms with E-state index in [0.717, 1.165) is 22.6 Å². The fourth-order valence-corrected chi connectivity index (χ4v) is 2.27. The fourth-order valence-electron chi connectivity index (χ4n) is 2.27. The van der Waals surface area contributed by atoms with Crippen molar-refractivity contribution in [2.75, 3.05) is 0 Å². The van der Waals surface area contributed by atoms with E-state index < -0.39 is 0 Å². The topological polar surface area (TPSA) is 25.8 Å². The van der Waals surface area contributed by atoms with Gasteiger partial charge in [0, 0.05) is 23.0 Å². The quantitative estimate of drug-likeness (QED) is 0.681. The third-order valence-corrected chi connectivity index (χ3v) is 3.37. The first-order valence-corrected chi connectivity index (χ1v) is 6.70. The highest BCUT2D eigenvalue weighted by Gasteiger charge is 2.04. The van der Waals surface area contributed by atoms with Crippen LogP contribution in [-0.2, 0) is 0 Å². The number of hydrogen-bond donors (Lipinski definition) is 0. The minimum atomic E-state index is 0.967. The maximum Gasteiger partial charge on any atom is 0.0720 e. The molecule has 0 amide bonds. The van der Waals surface area contributed by atoms with E-state index in [1.807, 2.05) is 43.5 Å². The summed E-state index contributed by atoms with van der Waals surface area (Å²) in [6, 6.07) is 18.5. The van der Waals surface area contributed by atoms with Gasteiger partial charge in [0.1, 0.15) is 0 Å². The van der Waals surface area contributed by atoms with Crippen molar-refractivity contribution in [2.24, 2.45) is 0 Å². The van der Waals surface area contributed by atoms with Gasteiger partial charge in [-0.3, -0.25) is 9.97 Å². The first kappa shape index (κ1) is 12.5. The molecule has 0 bridgehead atoms. The molecule has 0 fully saturated rings. The minimum absolute atomic E-state index is 0.967. The van der Waals surface area contributed by atoms with Crippen molar-refractivity contribution in [3.8, 4) is 22.5 Å². The van der Waals surface area contributed by atoms with Crippen LogP contribution in [-0.4, -0.2) is 9.97 Å². The van der Waals surface area contributed by atoms with Crippen LogP contribution in [0.4, 0.5) is 0 Å². The van der Waals surface area contributed by atoms with Crippen LogP contribution >= 0.6 is 0 Å². The molecule has 0 spiro atoms. The third-order valence-electron chi connectivity index (χ3n) is 3.37. The Labute approximate surface area is 119 Å². The molecule has 20 heavy (non-hydrogen) atoms. The SMILES string of the molecule is Cc1cccc(-c2ccc(-c3ccccc3C)nc2)n1. The van der Waals surface area contributed by atoms with Crippen molar-refractivity contribution in [3.05, 3.63) is 72.1 Å². The zero-order chi connectivity index (χ0) is 13.9. The zero-order valence-corrected chi connectivity index (χ0v) is 11.7. The van der Waals surface area contributed by atoms with Gasteiger partial charge in [0.25, 0.3) is 0 Å². The molecule has 0 saturated heterocycles. The Balaban J connectivity index is 1.98. The van der Waals surface area contributed by atoms with Crippen LogP contribution in [0.3, 0.4) is 0 Å². The summed E-state index contributed by atoms with van der Waals surface area (Å²) in [7, 11) is 0. The van der Waals surface area contributed by atoms with Crippen LogP contribution in [0, 0.1) is 13.8 Å². The summed E-state index contributed by atoms with van der Waals surface area (Å²) in [4.78, 5) is 9.10. The van der Waals surface area contributed by atoms with E-state index in [-0.39, 0.29) is 0 Å². The van der Waals surface area contributed by atoms with Crippen molar-refractivity contribution in [2.45, 2.75) is 13.8 Å². The number of benzene rings is 1. The molecule has 0 saturated carbocycles. The Morgan fingerprint density at radius 1 is 0.750 bits per heavy atom. The van der Waals surface area contributed by atoms with Crippen molar-refractivity contribution >= 4 is 0 Å². The molecule has 2 heteroatoms. The smallest absolute Gasteiger partial charge is 0.0720 e. The molecule has 0 radical (unpaired) electrons. The molecule has 2 nitrogen and oxygen atoms in total. The Morgan fingerprint density at radius 2 is 1.60 bits per heavy atom. The van der Waals surface area contributed by atoms with Gasteiger partial charge in [0.05, 0.1) is 11.4 Å². The molecule has 98 valence electrons. The van der Waals surface area contributed by atoms with Crippen LogP contribution in [0.15, 0.2) is 60.8 Å². The largest absolute Gasteiger partial charge is 0.256 e. The van der Waals surface area contributed by atoms with Gasteiger partial charge in [-0.15, -0.1) is 0 Å². The van der Waals surface area contributed by atoms with Crippen LogP contribution in [0.25, 0.3) is 22.5 Å². The molecule has 2 aromatic heterocycles. The summed E-state index contributed by atoms with van der Waals surface area (Å²) >= 11 is 0. The van der Waals surface area contributed by atoms with E-state index in [1.54, 1.807) is 0 Å². The first-order valence-electron chi connectivity index (χ1n) is 6.70. The molecule has 0 aliphatic carbocycles. The van der Waals surface area contributed by atoms with Crippen molar-refractivity contribution < 1.29 is 0 Å². The summed E-state index contributed by atoms with van der Waals surface area (Å²) in [6.45, 7) is 4.10. The number of aryl methyl sites for hydroxylation is 2. The second-order valence-electron chi connectivity index (χ2n) is 4.91. The molecule has 0 N–H and O–H groups in total.